The summed E-state index contributed by atoms with van der Waals surface area (Å²) in [5, 5.41) is 5.63. The Balaban J connectivity index is 1.57. The first-order chi connectivity index (χ1) is 13.3. The van der Waals surface area contributed by atoms with Crippen LogP contribution < -0.4 is 10.6 Å². The first-order valence-corrected chi connectivity index (χ1v) is 10.1. The van der Waals surface area contributed by atoms with Crippen molar-refractivity contribution in [1.82, 2.24) is 20.5 Å². The van der Waals surface area contributed by atoms with Crippen LogP contribution in [0.3, 0.4) is 0 Å². The van der Waals surface area contributed by atoms with E-state index in [4.69, 9.17) is 0 Å². The van der Waals surface area contributed by atoms with Crippen molar-refractivity contribution in [3.8, 4) is 0 Å². The quantitative estimate of drug-likeness (QED) is 0.735. The van der Waals surface area contributed by atoms with Crippen molar-refractivity contribution < 1.29 is 14.4 Å². The molecule has 1 aliphatic carbocycles. The topological polar surface area (TPSA) is 91.4 Å². The van der Waals surface area contributed by atoms with Crippen molar-refractivity contribution in [3.05, 3.63) is 30.1 Å². The number of nitrogens with one attached hydrogen (secondary N) is 2. The third-order valence-electron chi connectivity index (χ3n) is 6.62. The van der Waals surface area contributed by atoms with E-state index in [1.807, 2.05) is 6.07 Å². The lowest BCUT2D eigenvalue weighted by Gasteiger charge is -2.42. The Hall–Kier alpha value is -2.44. The average Bonchev–Trinajstić information content (AvgIpc) is 2.91. The number of imide groups is 1. The summed E-state index contributed by atoms with van der Waals surface area (Å²) >= 11 is 0. The van der Waals surface area contributed by atoms with Gasteiger partial charge in [0.05, 0.1) is 0 Å². The van der Waals surface area contributed by atoms with Crippen molar-refractivity contribution in [2.45, 2.75) is 65.0 Å². The highest BCUT2D eigenvalue weighted by atomic mass is 16.2. The standard InChI is InChI=1S/C21H30N4O3/c1-4-20(2,3)16-7-9-21(10-8-16)18(27)25(19(28)24-21)14-17(26)23-13-15-6-5-11-22-12-15/h5-6,11-12,16H,4,7-10,13-14H2,1-3H3,(H,23,26)(H,24,28). The van der Waals surface area contributed by atoms with Gasteiger partial charge in [0.25, 0.3) is 5.91 Å². The van der Waals surface area contributed by atoms with Crippen LogP contribution in [0.4, 0.5) is 4.79 Å². The predicted molar refractivity (Wildman–Crippen MR) is 105 cm³/mol. The summed E-state index contributed by atoms with van der Waals surface area (Å²) in [4.78, 5) is 42.7. The lowest BCUT2D eigenvalue weighted by Crippen LogP contribution is -2.51. The number of hydrogen-bond acceptors (Lipinski definition) is 4. The molecule has 0 radical (unpaired) electrons. The number of amides is 4. The third-order valence-corrected chi connectivity index (χ3v) is 6.62. The Kier molecular flexibility index (Phi) is 5.72. The second-order valence-corrected chi connectivity index (χ2v) is 8.66. The zero-order valence-electron chi connectivity index (χ0n) is 17.0. The van der Waals surface area contributed by atoms with Crippen molar-refractivity contribution in [2.24, 2.45) is 11.3 Å². The third kappa shape index (κ3) is 4.03. The van der Waals surface area contributed by atoms with E-state index < -0.39 is 11.6 Å². The van der Waals surface area contributed by atoms with Crippen LogP contribution in [0.15, 0.2) is 24.5 Å². The molecule has 2 aliphatic rings. The highest BCUT2D eigenvalue weighted by Crippen LogP contribution is 2.45. The molecule has 3 rings (SSSR count). The molecule has 28 heavy (non-hydrogen) atoms. The van der Waals surface area contributed by atoms with Gasteiger partial charge in [-0.2, -0.15) is 0 Å². The number of aromatic nitrogens is 1. The number of rotatable bonds is 6. The summed E-state index contributed by atoms with van der Waals surface area (Å²) < 4.78 is 0. The fourth-order valence-corrected chi connectivity index (χ4v) is 4.24. The summed E-state index contributed by atoms with van der Waals surface area (Å²) in [7, 11) is 0. The monoisotopic (exact) mass is 386 g/mol. The van der Waals surface area contributed by atoms with Gasteiger partial charge in [-0.25, -0.2) is 4.79 Å². The number of carbonyl (C=O) groups excluding carboxylic acids is 3. The molecule has 0 bridgehead atoms. The minimum Gasteiger partial charge on any atom is -0.350 e. The largest absolute Gasteiger partial charge is 0.350 e. The molecule has 1 saturated carbocycles. The fraction of sp³-hybridized carbons (Fsp3) is 0.619. The van der Waals surface area contributed by atoms with Gasteiger partial charge in [-0.15, -0.1) is 0 Å². The van der Waals surface area contributed by atoms with E-state index in [-0.39, 0.29) is 23.8 Å². The summed E-state index contributed by atoms with van der Waals surface area (Å²) in [6, 6.07) is 3.18. The lowest BCUT2D eigenvalue weighted by molar-refractivity contribution is -0.136. The maximum absolute atomic E-state index is 13.0. The molecule has 1 aromatic rings. The molecule has 4 amide bonds. The Morgan fingerprint density at radius 1 is 1.36 bits per heavy atom. The number of hydrogen-bond donors (Lipinski definition) is 2. The van der Waals surface area contributed by atoms with E-state index in [1.54, 1.807) is 18.5 Å². The lowest BCUT2D eigenvalue weighted by atomic mass is 9.65. The second-order valence-electron chi connectivity index (χ2n) is 8.66. The summed E-state index contributed by atoms with van der Waals surface area (Å²) in [5.74, 6) is -0.0726. The molecule has 0 atom stereocenters. The van der Waals surface area contributed by atoms with E-state index in [1.165, 1.54) is 0 Å². The number of pyridine rings is 1. The first kappa shape index (κ1) is 20.3. The van der Waals surface area contributed by atoms with Crippen LogP contribution in [0.5, 0.6) is 0 Å². The molecule has 1 aliphatic heterocycles. The average molecular weight is 386 g/mol. The predicted octanol–water partition coefficient (Wildman–Crippen LogP) is 2.61. The number of nitrogens with zero attached hydrogens (tertiary/aromatic N) is 2. The molecule has 2 N–H and O–H groups in total. The highest BCUT2D eigenvalue weighted by molar-refractivity contribution is 6.09. The zero-order chi connectivity index (χ0) is 20.4. The van der Waals surface area contributed by atoms with Gasteiger partial charge in [-0.3, -0.25) is 19.5 Å². The van der Waals surface area contributed by atoms with E-state index >= 15 is 0 Å². The van der Waals surface area contributed by atoms with Crippen LogP contribution in [-0.4, -0.2) is 39.8 Å². The molecule has 0 unspecified atom stereocenters. The molecule has 1 aromatic heterocycles. The van der Waals surface area contributed by atoms with E-state index in [0.717, 1.165) is 29.7 Å². The molecule has 2 heterocycles. The molecule has 7 heteroatoms. The molecule has 7 nitrogen and oxygen atoms in total. The van der Waals surface area contributed by atoms with E-state index in [0.29, 0.717) is 25.3 Å². The molecule has 1 saturated heterocycles. The molecule has 0 aromatic carbocycles. The first-order valence-electron chi connectivity index (χ1n) is 10.1. The molecular weight excluding hydrogens is 356 g/mol. The van der Waals surface area contributed by atoms with Crippen LogP contribution in [-0.2, 0) is 16.1 Å². The number of urea groups is 1. The molecular formula is C21H30N4O3. The van der Waals surface area contributed by atoms with Crippen LogP contribution in [0.25, 0.3) is 0 Å². The van der Waals surface area contributed by atoms with Gasteiger partial charge >= 0.3 is 6.03 Å². The van der Waals surface area contributed by atoms with Crippen molar-refractivity contribution >= 4 is 17.8 Å². The van der Waals surface area contributed by atoms with Gasteiger partial charge in [0.1, 0.15) is 12.1 Å². The van der Waals surface area contributed by atoms with Crippen LogP contribution in [0.1, 0.15) is 58.4 Å². The van der Waals surface area contributed by atoms with Gasteiger partial charge in [-0.1, -0.05) is 33.3 Å². The van der Waals surface area contributed by atoms with Crippen LogP contribution >= 0.6 is 0 Å². The van der Waals surface area contributed by atoms with Gasteiger partial charge in [0.2, 0.25) is 5.91 Å². The molecule has 152 valence electrons. The van der Waals surface area contributed by atoms with Crippen molar-refractivity contribution in [1.29, 1.82) is 0 Å². The van der Waals surface area contributed by atoms with Gasteiger partial charge in [0, 0.05) is 18.9 Å². The molecule has 1 spiro atoms. The van der Waals surface area contributed by atoms with Crippen LogP contribution in [0.2, 0.25) is 0 Å². The minimum atomic E-state index is -0.832. The summed E-state index contributed by atoms with van der Waals surface area (Å²) in [5.41, 5.74) is 0.265. The SMILES string of the molecule is CCC(C)(C)C1CCC2(CC1)NC(=O)N(CC(=O)NCc1cccnc1)C2=O. The normalized spacial score (nSPS) is 25.1. The van der Waals surface area contributed by atoms with E-state index in [9.17, 15) is 14.4 Å². The Bertz CT molecular complexity index is 739. The summed E-state index contributed by atoms with van der Waals surface area (Å²) in [6.45, 7) is 6.79. The smallest absolute Gasteiger partial charge is 0.325 e. The van der Waals surface area contributed by atoms with Crippen LogP contribution in [0, 0.1) is 11.3 Å². The van der Waals surface area contributed by atoms with Gasteiger partial charge < -0.3 is 10.6 Å². The Morgan fingerprint density at radius 3 is 2.68 bits per heavy atom. The second kappa shape index (κ2) is 7.89. The Labute approximate surface area is 166 Å². The van der Waals surface area contributed by atoms with Gasteiger partial charge in [-0.05, 0) is 48.6 Å². The van der Waals surface area contributed by atoms with E-state index in [2.05, 4.69) is 36.4 Å². The maximum Gasteiger partial charge on any atom is 0.325 e. The maximum atomic E-state index is 13.0. The Morgan fingerprint density at radius 2 is 2.07 bits per heavy atom. The van der Waals surface area contributed by atoms with Gasteiger partial charge in [0.15, 0.2) is 0 Å². The number of carbonyl (C=O) groups is 3. The summed E-state index contributed by atoms with van der Waals surface area (Å²) in [6.07, 6.45) is 7.52. The molecule has 2 fully saturated rings. The zero-order valence-corrected chi connectivity index (χ0v) is 17.0. The highest BCUT2D eigenvalue weighted by Gasteiger charge is 2.53. The minimum absolute atomic E-state index is 0.235. The van der Waals surface area contributed by atoms with Crippen molar-refractivity contribution in [3.63, 3.8) is 0 Å². The van der Waals surface area contributed by atoms with Crippen molar-refractivity contribution in [2.75, 3.05) is 6.54 Å². The fourth-order valence-electron chi connectivity index (χ4n) is 4.24.